The first-order valence-electron chi connectivity index (χ1n) is 7.55. The van der Waals surface area contributed by atoms with Gasteiger partial charge in [-0.15, -0.1) is 0 Å². The lowest BCUT2D eigenvalue weighted by atomic mass is 10.0. The van der Waals surface area contributed by atoms with Crippen LogP contribution < -0.4 is 10.2 Å². The number of hydrogen-bond acceptors (Lipinski definition) is 6. The summed E-state index contributed by atoms with van der Waals surface area (Å²) in [4.78, 5) is 13.8. The highest BCUT2D eigenvalue weighted by Crippen LogP contribution is 2.26. The first-order chi connectivity index (χ1) is 10.2. The molecule has 0 spiro atoms. The molecule has 3 rings (SSSR count). The topological polar surface area (TPSA) is 73.0 Å². The molecular formula is C14H23N7. The molecule has 1 aliphatic heterocycles. The zero-order valence-corrected chi connectivity index (χ0v) is 12.9. The Hall–Kier alpha value is -1.89. The number of hydrogen-bond donors (Lipinski definition) is 2. The molecule has 1 fully saturated rings. The molecule has 21 heavy (non-hydrogen) atoms. The van der Waals surface area contributed by atoms with Crippen molar-refractivity contribution in [1.82, 2.24) is 25.1 Å². The van der Waals surface area contributed by atoms with Crippen molar-refractivity contribution in [3.05, 3.63) is 6.20 Å². The maximum atomic E-state index is 4.69. The van der Waals surface area contributed by atoms with Gasteiger partial charge in [-0.05, 0) is 33.4 Å². The van der Waals surface area contributed by atoms with Gasteiger partial charge in [0.15, 0.2) is 5.65 Å². The number of piperidine rings is 1. The van der Waals surface area contributed by atoms with Gasteiger partial charge in [0.25, 0.3) is 0 Å². The molecule has 0 aromatic carbocycles. The lowest BCUT2D eigenvalue weighted by Gasteiger charge is -2.36. The lowest BCUT2D eigenvalue weighted by molar-refractivity contribution is 0.247. The largest absolute Gasteiger partial charge is 0.355 e. The zero-order valence-electron chi connectivity index (χ0n) is 12.9. The quantitative estimate of drug-likeness (QED) is 0.884. The second kappa shape index (κ2) is 5.85. The van der Waals surface area contributed by atoms with Gasteiger partial charge in [-0.1, -0.05) is 0 Å². The molecule has 7 nitrogen and oxygen atoms in total. The molecule has 7 heteroatoms. The van der Waals surface area contributed by atoms with Crippen LogP contribution in [0.5, 0.6) is 0 Å². The number of rotatable bonds is 4. The Morgan fingerprint density at radius 1 is 1.48 bits per heavy atom. The highest BCUT2D eigenvalue weighted by atomic mass is 15.3. The minimum absolute atomic E-state index is 0.478. The van der Waals surface area contributed by atoms with E-state index in [0.29, 0.717) is 12.0 Å². The van der Waals surface area contributed by atoms with Gasteiger partial charge in [0.05, 0.1) is 11.6 Å². The average molecular weight is 289 g/mol. The maximum absolute atomic E-state index is 4.69. The van der Waals surface area contributed by atoms with Crippen molar-refractivity contribution in [3.63, 3.8) is 0 Å². The van der Waals surface area contributed by atoms with Crippen molar-refractivity contribution < 1.29 is 0 Å². The second-order valence-corrected chi connectivity index (χ2v) is 5.70. The number of aromatic nitrogens is 4. The molecule has 2 aromatic heterocycles. The van der Waals surface area contributed by atoms with Gasteiger partial charge >= 0.3 is 0 Å². The average Bonchev–Trinajstić information content (AvgIpc) is 2.94. The second-order valence-electron chi connectivity index (χ2n) is 5.70. The van der Waals surface area contributed by atoms with E-state index in [-0.39, 0.29) is 0 Å². The van der Waals surface area contributed by atoms with Crippen LogP contribution in [0.3, 0.4) is 0 Å². The highest BCUT2D eigenvalue weighted by Gasteiger charge is 2.24. The van der Waals surface area contributed by atoms with Crippen LogP contribution in [-0.2, 0) is 0 Å². The molecular weight excluding hydrogens is 266 g/mol. The standard InChI is InChI=1S/C14H23N7/c1-4-15-14-17-12-11(8-16-19-12)13(18-14)21(3)10-6-5-7-20(2)9-10/h8,10H,4-7,9H2,1-3H3,(H2,15,16,17,18,19). The third-order valence-electron chi connectivity index (χ3n) is 4.11. The van der Waals surface area contributed by atoms with Crippen LogP contribution in [0.15, 0.2) is 6.20 Å². The molecule has 0 aliphatic carbocycles. The number of likely N-dealkylation sites (tertiary alicyclic amines) is 1. The predicted molar refractivity (Wildman–Crippen MR) is 84.8 cm³/mol. The maximum Gasteiger partial charge on any atom is 0.226 e. The Bertz CT molecular complexity index is 608. The summed E-state index contributed by atoms with van der Waals surface area (Å²) >= 11 is 0. The van der Waals surface area contributed by atoms with Crippen LogP contribution in [0.2, 0.25) is 0 Å². The summed E-state index contributed by atoms with van der Waals surface area (Å²) in [5.74, 6) is 1.60. The molecule has 2 N–H and O–H groups in total. The smallest absolute Gasteiger partial charge is 0.226 e. The molecule has 0 amide bonds. The molecule has 114 valence electrons. The monoisotopic (exact) mass is 289 g/mol. The number of aromatic amines is 1. The van der Waals surface area contributed by atoms with Crippen LogP contribution >= 0.6 is 0 Å². The third kappa shape index (κ3) is 2.78. The van der Waals surface area contributed by atoms with Crippen molar-refractivity contribution >= 4 is 22.8 Å². The first kappa shape index (κ1) is 14.1. The van der Waals surface area contributed by atoms with Crippen LogP contribution in [-0.4, -0.2) is 64.8 Å². The number of fused-ring (bicyclic) bond motifs is 1. The van der Waals surface area contributed by atoms with E-state index in [1.165, 1.54) is 19.4 Å². The van der Waals surface area contributed by atoms with E-state index < -0.39 is 0 Å². The summed E-state index contributed by atoms with van der Waals surface area (Å²) in [5.41, 5.74) is 0.784. The third-order valence-corrected chi connectivity index (χ3v) is 4.11. The molecule has 2 aromatic rings. The summed E-state index contributed by atoms with van der Waals surface area (Å²) in [5, 5.41) is 11.2. The van der Waals surface area contributed by atoms with Gasteiger partial charge < -0.3 is 15.1 Å². The van der Waals surface area contributed by atoms with Crippen molar-refractivity contribution in [2.45, 2.75) is 25.8 Å². The van der Waals surface area contributed by atoms with Gasteiger partial charge in [0.2, 0.25) is 5.95 Å². The fraction of sp³-hybridized carbons (Fsp3) is 0.643. The molecule has 0 radical (unpaired) electrons. The highest BCUT2D eigenvalue weighted by molar-refractivity contribution is 5.87. The van der Waals surface area contributed by atoms with E-state index in [1.54, 1.807) is 0 Å². The Morgan fingerprint density at radius 3 is 3.10 bits per heavy atom. The fourth-order valence-electron chi connectivity index (χ4n) is 2.95. The van der Waals surface area contributed by atoms with E-state index >= 15 is 0 Å². The van der Waals surface area contributed by atoms with Crippen molar-refractivity contribution in [3.8, 4) is 0 Å². The number of nitrogens with zero attached hydrogens (tertiary/aromatic N) is 5. The Kier molecular flexibility index (Phi) is 3.92. The van der Waals surface area contributed by atoms with E-state index in [1.807, 2.05) is 13.1 Å². The molecule has 1 aliphatic rings. The molecule has 1 atom stereocenters. The molecule has 1 unspecified atom stereocenters. The SMILES string of the molecule is CCNc1nc(N(C)C2CCCN(C)C2)c2cn[nH]c2n1. The molecule has 0 saturated carbocycles. The van der Waals surface area contributed by atoms with E-state index in [4.69, 9.17) is 0 Å². The van der Waals surface area contributed by atoms with Crippen molar-refractivity contribution in [2.24, 2.45) is 0 Å². The van der Waals surface area contributed by atoms with Crippen LogP contribution in [0.1, 0.15) is 19.8 Å². The Morgan fingerprint density at radius 2 is 2.33 bits per heavy atom. The Balaban J connectivity index is 1.95. The number of H-pyrrole nitrogens is 1. The van der Waals surface area contributed by atoms with Gasteiger partial charge in [-0.3, -0.25) is 5.10 Å². The van der Waals surface area contributed by atoms with Crippen LogP contribution in [0, 0.1) is 0 Å². The predicted octanol–water partition coefficient (Wildman–Crippen LogP) is 1.32. The van der Waals surface area contributed by atoms with Gasteiger partial charge in [0.1, 0.15) is 5.82 Å². The number of anilines is 2. The van der Waals surface area contributed by atoms with Gasteiger partial charge in [-0.2, -0.15) is 15.1 Å². The van der Waals surface area contributed by atoms with Crippen LogP contribution in [0.25, 0.3) is 11.0 Å². The summed E-state index contributed by atoms with van der Waals surface area (Å²) < 4.78 is 0. The van der Waals surface area contributed by atoms with Crippen LogP contribution in [0.4, 0.5) is 11.8 Å². The van der Waals surface area contributed by atoms with Gasteiger partial charge in [0, 0.05) is 26.2 Å². The molecule has 0 bridgehead atoms. The lowest BCUT2D eigenvalue weighted by Crippen LogP contribution is -2.45. The number of likely N-dealkylation sites (N-methyl/N-ethyl adjacent to an activating group) is 2. The first-order valence-corrected chi connectivity index (χ1v) is 7.55. The number of nitrogens with one attached hydrogen (secondary N) is 2. The summed E-state index contributed by atoms with van der Waals surface area (Å²) in [6.45, 7) is 5.09. The minimum Gasteiger partial charge on any atom is -0.355 e. The van der Waals surface area contributed by atoms with Gasteiger partial charge in [-0.25, -0.2) is 0 Å². The zero-order chi connectivity index (χ0) is 14.8. The van der Waals surface area contributed by atoms with E-state index in [9.17, 15) is 0 Å². The van der Waals surface area contributed by atoms with Crippen molar-refractivity contribution in [2.75, 3.05) is 43.9 Å². The normalized spacial score (nSPS) is 19.9. The fourth-order valence-corrected chi connectivity index (χ4v) is 2.95. The summed E-state index contributed by atoms with van der Waals surface area (Å²) in [6.07, 6.45) is 4.23. The van der Waals surface area contributed by atoms with E-state index in [2.05, 4.69) is 49.4 Å². The van der Waals surface area contributed by atoms with Crippen molar-refractivity contribution in [1.29, 1.82) is 0 Å². The molecule has 1 saturated heterocycles. The van der Waals surface area contributed by atoms with E-state index in [0.717, 1.165) is 29.9 Å². The summed E-state index contributed by atoms with van der Waals surface area (Å²) in [6, 6.07) is 0.478. The molecule has 3 heterocycles. The Labute approximate surface area is 124 Å². The minimum atomic E-state index is 0.478. The summed E-state index contributed by atoms with van der Waals surface area (Å²) in [7, 11) is 4.30.